The Morgan fingerprint density at radius 1 is 1.05 bits per heavy atom. The first-order chi connectivity index (χ1) is 10.3. The summed E-state index contributed by atoms with van der Waals surface area (Å²) in [5.41, 5.74) is 2.75. The van der Waals surface area contributed by atoms with Gasteiger partial charge in [-0.25, -0.2) is 4.79 Å². The van der Waals surface area contributed by atoms with Crippen molar-refractivity contribution in [1.82, 2.24) is 0 Å². The molecule has 0 aliphatic carbocycles. The smallest absolute Gasteiger partial charge is 0.345 e. The lowest BCUT2D eigenvalue weighted by Crippen LogP contribution is -2.29. The number of ether oxygens (including phenoxy) is 1. The van der Waals surface area contributed by atoms with Crippen LogP contribution < -0.4 is 4.74 Å². The summed E-state index contributed by atoms with van der Waals surface area (Å²) in [5, 5.41) is 10.3. The maximum absolute atomic E-state index is 11.5. The molecule has 2 aromatic carbocycles. The van der Waals surface area contributed by atoms with Crippen molar-refractivity contribution in [3.63, 3.8) is 0 Å². The van der Waals surface area contributed by atoms with Gasteiger partial charge in [0.2, 0.25) is 0 Å². The van der Waals surface area contributed by atoms with E-state index in [2.05, 4.69) is 0 Å². The van der Waals surface area contributed by atoms with Crippen LogP contribution in [-0.2, 0) is 11.2 Å². The molecule has 0 saturated heterocycles. The van der Waals surface area contributed by atoms with Gasteiger partial charge in [0.05, 0.1) is 0 Å². The molecule has 0 fully saturated rings. The van der Waals surface area contributed by atoms with Crippen LogP contribution in [0.4, 0.5) is 0 Å². The Morgan fingerprint density at radius 3 is 2.09 bits per heavy atom. The molecule has 0 bridgehead atoms. The number of hydrogen-bond donors (Lipinski definition) is 1. The van der Waals surface area contributed by atoms with Crippen LogP contribution in [-0.4, -0.2) is 17.2 Å². The van der Waals surface area contributed by atoms with Crippen LogP contribution in [0.15, 0.2) is 36.4 Å². The van der Waals surface area contributed by atoms with Crippen LogP contribution in [0.2, 0.25) is 10.0 Å². The number of aliphatic carboxylic acids is 1. The molecule has 0 saturated carbocycles. The highest BCUT2D eigenvalue weighted by Gasteiger charge is 2.21. The second kappa shape index (κ2) is 7.03. The van der Waals surface area contributed by atoms with Gasteiger partial charge >= 0.3 is 5.97 Å². The van der Waals surface area contributed by atoms with E-state index in [-0.39, 0.29) is 6.42 Å². The molecule has 0 aromatic heterocycles. The number of aryl methyl sites for hydroxylation is 2. The molecular formula is C17H16Cl2O3. The number of carboxylic acids is 1. The van der Waals surface area contributed by atoms with E-state index >= 15 is 0 Å². The number of halogens is 2. The van der Waals surface area contributed by atoms with E-state index in [1.54, 1.807) is 18.2 Å². The van der Waals surface area contributed by atoms with Gasteiger partial charge in [-0.1, -0.05) is 29.3 Å². The molecule has 2 rings (SSSR count). The molecule has 0 spiro atoms. The van der Waals surface area contributed by atoms with E-state index in [4.69, 9.17) is 27.9 Å². The lowest BCUT2D eigenvalue weighted by Gasteiger charge is -2.16. The van der Waals surface area contributed by atoms with Gasteiger partial charge in [-0.15, -0.1) is 0 Å². The Bertz CT molecular complexity index is 604. The van der Waals surface area contributed by atoms with Gasteiger partial charge in [-0.3, -0.25) is 0 Å². The maximum Gasteiger partial charge on any atom is 0.345 e. The minimum atomic E-state index is -1.03. The Morgan fingerprint density at radius 2 is 1.59 bits per heavy atom. The van der Waals surface area contributed by atoms with E-state index in [1.807, 2.05) is 32.0 Å². The van der Waals surface area contributed by atoms with Crippen LogP contribution >= 0.6 is 23.2 Å². The molecular weight excluding hydrogens is 323 g/mol. The first-order valence-electron chi connectivity index (χ1n) is 6.76. The summed E-state index contributed by atoms with van der Waals surface area (Å²) >= 11 is 11.9. The Labute approximate surface area is 139 Å². The fraction of sp³-hybridized carbons (Fsp3) is 0.235. The molecule has 0 heterocycles. The average Bonchev–Trinajstić information content (AvgIpc) is 2.35. The Hall–Kier alpha value is -1.71. The number of benzene rings is 2. The molecule has 1 N–H and O–H groups in total. The third-order valence-corrected chi connectivity index (χ3v) is 3.53. The van der Waals surface area contributed by atoms with Crippen molar-refractivity contribution in [2.45, 2.75) is 26.4 Å². The van der Waals surface area contributed by atoms with Crippen molar-refractivity contribution in [2.75, 3.05) is 0 Å². The van der Waals surface area contributed by atoms with E-state index in [1.165, 1.54) is 0 Å². The van der Waals surface area contributed by atoms with E-state index in [0.29, 0.717) is 21.4 Å². The fourth-order valence-corrected chi connectivity index (χ4v) is 2.86. The zero-order valence-electron chi connectivity index (χ0n) is 12.3. The molecule has 0 amide bonds. The summed E-state index contributed by atoms with van der Waals surface area (Å²) in [4.78, 5) is 11.5. The number of rotatable bonds is 5. The standard InChI is InChI=1S/C17H16Cl2O3/c1-10-3-11(2)5-15(4-10)22-16(17(20)21)8-12-6-13(18)9-14(19)7-12/h3-7,9,16H,8H2,1-2H3,(H,20,21). The van der Waals surface area contributed by atoms with E-state index in [0.717, 1.165) is 11.1 Å². The molecule has 5 heteroatoms. The summed E-state index contributed by atoms with van der Waals surface area (Å²) in [6.45, 7) is 3.87. The van der Waals surface area contributed by atoms with Gasteiger partial charge in [0.15, 0.2) is 6.10 Å². The molecule has 3 nitrogen and oxygen atoms in total. The number of hydrogen-bond acceptors (Lipinski definition) is 2. The number of carboxylic acid groups (broad SMARTS) is 1. The highest BCUT2D eigenvalue weighted by Crippen LogP contribution is 2.22. The zero-order chi connectivity index (χ0) is 16.3. The summed E-state index contributed by atoms with van der Waals surface area (Å²) in [5.74, 6) is -0.492. The van der Waals surface area contributed by atoms with Crippen molar-refractivity contribution >= 4 is 29.2 Å². The Balaban J connectivity index is 2.21. The minimum absolute atomic E-state index is 0.183. The number of carbonyl (C=O) groups is 1. The molecule has 0 radical (unpaired) electrons. The van der Waals surface area contributed by atoms with Crippen molar-refractivity contribution in [3.05, 3.63) is 63.1 Å². The summed E-state index contributed by atoms with van der Waals surface area (Å²) in [6.07, 6.45) is -0.821. The Kier molecular flexibility index (Phi) is 5.33. The normalized spacial score (nSPS) is 12.0. The van der Waals surface area contributed by atoms with Crippen LogP contribution in [0.25, 0.3) is 0 Å². The monoisotopic (exact) mass is 338 g/mol. The van der Waals surface area contributed by atoms with Gasteiger partial charge in [0.1, 0.15) is 5.75 Å². The van der Waals surface area contributed by atoms with Gasteiger partial charge in [0, 0.05) is 16.5 Å². The molecule has 0 aliphatic heterocycles. The zero-order valence-corrected chi connectivity index (χ0v) is 13.8. The van der Waals surface area contributed by atoms with E-state index < -0.39 is 12.1 Å². The third-order valence-electron chi connectivity index (χ3n) is 3.09. The maximum atomic E-state index is 11.5. The average molecular weight is 339 g/mol. The van der Waals surface area contributed by atoms with Crippen molar-refractivity contribution in [3.8, 4) is 5.75 Å². The van der Waals surface area contributed by atoms with Gasteiger partial charge in [-0.2, -0.15) is 0 Å². The quantitative estimate of drug-likeness (QED) is 0.860. The molecule has 1 unspecified atom stereocenters. The predicted molar refractivity (Wildman–Crippen MR) is 88.1 cm³/mol. The molecule has 116 valence electrons. The van der Waals surface area contributed by atoms with Crippen LogP contribution in [0.1, 0.15) is 16.7 Å². The lowest BCUT2D eigenvalue weighted by atomic mass is 10.1. The first-order valence-corrected chi connectivity index (χ1v) is 7.52. The summed E-state index contributed by atoms with van der Waals surface area (Å²) < 4.78 is 5.64. The molecule has 22 heavy (non-hydrogen) atoms. The largest absolute Gasteiger partial charge is 0.478 e. The van der Waals surface area contributed by atoms with Crippen LogP contribution in [0.5, 0.6) is 5.75 Å². The molecule has 1 atom stereocenters. The molecule has 0 aliphatic rings. The van der Waals surface area contributed by atoms with Crippen molar-refractivity contribution in [2.24, 2.45) is 0 Å². The van der Waals surface area contributed by atoms with Crippen molar-refractivity contribution in [1.29, 1.82) is 0 Å². The van der Waals surface area contributed by atoms with E-state index in [9.17, 15) is 9.90 Å². The topological polar surface area (TPSA) is 46.5 Å². The lowest BCUT2D eigenvalue weighted by molar-refractivity contribution is -0.145. The van der Waals surface area contributed by atoms with Crippen molar-refractivity contribution < 1.29 is 14.6 Å². The van der Waals surface area contributed by atoms with Gasteiger partial charge in [0.25, 0.3) is 0 Å². The third kappa shape index (κ3) is 4.65. The second-order valence-corrected chi connectivity index (χ2v) is 6.12. The van der Waals surface area contributed by atoms with Crippen LogP contribution in [0.3, 0.4) is 0 Å². The predicted octanol–water partition coefficient (Wildman–Crippen LogP) is 4.68. The van der Waals surface area contributed by atoms with Gasteiger partial charge in [-0.05, 0) is 60.9 Å². The fourth-order valence-electron chi connectivity index (χ4n) is 2.29. The summed E-state index contributed by atoms with van der Waals surface area (Å²) in [7, 11) is 0. The highest BCUT2D eigenvalue weighted by molar-refractivity contribution is 6.34. The van der Waals surface area contributed by atoms with Crippen LogP contribution in [0, 0.1) is 13.8 Å². The highest BCUT2D eigenvalue weighted by atomic mass is 35.5. The van der Waals surface area contributed by atoms with Gasteiger partial charge < -0.3 is 9.84 Å². The SMILES string of the molecule is Cc1cc(C)cc(OC(Cc2cc(Cl)cc(Cl)c2)C(=O)O)c1. The summed E-state index contributed by atoms with van der Waals surface area (Å²) in [6, 6.07) is 10.6. The minimum Gasteiger partial charge on any atom is -0.478 e. The molecule has 2 aromatic rings. The second-order valence-electron chi connectivity index (χ2n) is 5.25. The first kappa shape index (κ1) is 16.7.